The number of hydrogen-bond acceptors (Lipinski definition) is 3. The molecule has 2 saturated carbocycles. The van der Waals surface area contributed by atoms with Gasteiger partial charge >= 0.3 is 0 Å². The lowest BCUT2D eigenvalue weighted by Gasteiger charge is -2.43. The summed E-state index contributed by atoms with van der Waals surface area (Å²) in [4.78, 5) is 0. The van der Waals surface area contributed by atoms with Crippen LogP contribution >= 0.6 is 0 Å². The fourth-order valence-electron chi connectivity index (χ4n) is 4.56. The van der Waals surface area contributed by atoms with Gasteiger partial charge in [-0.25, -0.2) is 0 Å². The first-order chi connectivity index (χ1) is 8.94. The highest BCUT2D eigenvalue weighted by atomic mass is 16.7. The largest absolute Gasteiger partial charge is 0.352 e. The lowest BCUT2D eigenvalue weighted by atomic mass is 9.68. The molecule has 0 radical (unpaired) electrons. The standard InChI is InChI=1S/C16H31NO2/c1-6-18-13(19-7-2)11-17-14-15(3,4)12-8-9-16(14,5)10-12/h12-14,17H,6-11H2,1-5H3. The highest BCUT2D eigenvalue weighted by molar-refractivity contribution is 5.11. The Hall–Kier alpha value is -0.120. The van der Waals surface area contributed by atoms with E-state index < -0.39 is 0 Å². The van der Waals surface area contributed by atoms with E-state index in [9.17, 15) is 0 Å². The number of rotatable bonds is 7. The van der Waals surface area contributed by atoms with E-state index in [1.807, 2.05) is 13.8 Å². The second-order valence-electron chi connectivity index (χ2n) is 7.10. The molecule has 2 fully saturated rings. The molecule has 0 aromatic heterocycles. The molecule has 3 nitrogen and oxygen atoms in total. The molecule has 3 atom stereocenters. The molecular formula is C16H31NO2. The zero-order chi connectivity index (χ0) is 14.1. The Kier molecular flexibility index (Phi) is 4.59. The van der Waals surface area contributed by atoms with Crippen molar-refractivity contribution in [2.75, 3.05) is 19.8 Å². The maximum Gasteiger partial charge on any atom is 0.169 e. The third-order valence-corrected chi connectivity index (χ3v) is 5.46. The van der Waals surface area contributed by atoms with Gasteiger partial charge in [0.15, 0.2) is 6.29 Å². The molecule has 0 heterocycles. The molecule has 2 rings (SSSR count). The predicted molar refractivity (Wildman–Crippen MR) is 78.1 cm³/mol. The molecule has 2 aliphatic carbocycles. The third-order valence-electron chi connectivity index (χ3n) is 5.46. The van der Waals surface area contributed by atoms with E-state index in [0.29, 0.717) is 30.1 Å². The summed E-state index contributed by atoms with van der Waals surface area (Å²) in [5.74, 6) is 0.882. The monoisotopic (exact) mass is 269 g/mol. The summed E-state index contributed by atoms with van der Waals surface area (Å²) < 4.78 is 11.3. The van der Waals surface area contributed by atoms with E-state index in [1.54, 1.807) is 0 Å². The van der Waals surface area contributed by atoms with Gasteiger partial charge in [0.05, 0.1) is 0 Å². The summed E-state index contributed by atoms with van der Waals surface area (Å²) >= 11 is 0. The fourth-order valence-corrected chi connectivity index (χ4v) is 4.56. The highest BCUT2D eigenvalue weighted by Gasteiger charge is 2.58. The van der Waals surface area contributed by atoms with Crippen LogP contribution in [0.3, 0.4) is 0 Å². The van der Waals surface area contributed by atoms with Crippen molar-refractivity contribution in [3.05, 3.63) is 0 Å². The molecule has 0 aromatic carbocycles. The van der Waals surface area contributed by atoms with Crippen LogP contribution in [-0.4, -0.2) is 32.1 Å². The normalized spacial score (nSPS) is 36.3. The van der Waals surface area contributed by atoms with Gasteiger partial charge in [-0.3, -0.25) is 0 Å². The van der Waals surface area contributed by atoms with Gasteiger partial charge in [-0.1, -0.05) is 20.8 Å². The Labute approximate surface area is 118 Å². The minimum absolute atomic E-state index is 0.103. The molecule has 0 saturated heterocycles. The van der Waals surface area contributed by atoms with Gasteiger partial charge in [0.1, 0.15) is 0 Å². The van der Waals surface area contributed by atoms with Gasteiger partial charge in [-0.05, 0) is 49.9 Å². The Morgan fingerprint density at radius 1 is 1.16 bits per heavy atom. The van der Waals surface area contributed by atoms with E-state index in [2.05, 4.69) is 26.1 Å². The van der Waals surface area contributed by atoms with E-state index in [0.717, 1.165) is 12.5 Å². The number of fused-ring (bicyclic) bond motifs is 2. The number of ether oxygens (including phenoxy) is 2. The molecule has 1 N–H and O–H groups in total. The van der Waals surface area contributed by atoms with Gasteiger partial charge in [-0.15, -0.1) is 0 Å². The molecule has 0 aromatic rings. The predicted octanol–water partition coefficient (Wildman–Crippen LogP) is 3.19. The van der Waals surface area contributed by atoms with Crippen molar-refractivity contribution in [1.29, 1.82) is 0 Å². The van der Waals surface area contributed by atoms with Gasteiger partial charge in [0.25, 0.3) is 0 Å². The summed E-state index contributed by atoms with van der Waals surface area (Å²) in [5.41, 5.74) is 0.868. The van der Waals surface area contributed by atoms with Crippen LogP contribution in [0.1, 0.15) is 53.9 Å². The topological polar surface area (TPSA) is 30.5 Å². The van der Waals surface area contributed by atoms with Gasteiger partial charge in [0.2, 0.25) is 0 Å². The van der Waals surface area contributed by atoms with Crippen molar-refractivity contribution in [3.63, 3.8) is 0 Å². The molecular weight excluding hydrogens is 238 g/mol. The molecule has 3 unspecified atom stereocenters. The third kappa shape index (κ3) is 2.84. The quantitative estimate of drug-likeness (QED) is 0.720. The molecule has 2 aliphatic rings. The zero-order valence-electron chi connectivity index (χ0n) is 13.3. The van der Waals surface area contributed by atoms with Crippen molar-refractivity contribution in [2.45, 2.75) is 66.2 Å². The average molecular weight is 269 g/mol. The Morgan fingerprint density at radius 3 is 2.26 bits per heavy atom. The summed E-state index contributed by atoms with van der Waals surface area (Å²) in [5, 5.41) is 3.76. The molecule has 3 heteroatoms. The van der Waals surface area contributed by atoms with Gasteiger partial charge < -0.3 is 14.8 Å². The second kappa shape index (κ2) is 5.71. The maximum atomic E-state index is 5.64. The lowest BCUT2D eigenvalue weighted by Crippen LogP contribution is -2.52. The molecule has 0 spiro atoms. The minimum atomic E-state index is -0.103. The van der Waals surface area contributed by atoms with Crippen LogP contribution in [0.5, 0.6) is 0 Å². The van der Waals surface area contributed by atoms with Crippen LogP contribution in [0.2, 0.25) is 0 Å². The van der Waals surface area contributed by atoms with Crippen LogP contribution in [0, 0.1) is 16.7 Å². The first-order valence-electron chi connectivity index (χ1n) is 7.90. The van der Waals surface area contributed by atoms with E-state index >= 15 is 0 Å². The Balaban J connectivity index is 1.94. The van der Waals surface area contributed by atoms with Crippen LogP contribution in [-0.2, 0) is 9.47 Å². The first kappa shape index (κ1) is 15.3. The average Bonchev–Trinajstić information content (AvgIpc) is 2.80. The Morgan fingerprint density at radius 2 is 1.79 bits per heavy atom. The van der Waals surface area contributed by atoms with E-state index in [-0.39, 0.29) is 6.29 Å². The van der Waals surface area contributed by atoms with Gasteiger partial charge in [-0.2, -0.15) is 0 Å². The summed E-state index contributed by atoms with van der Waals surface area (Å²) in [7, 11) is 0. The van der Waals surface area contributed by atoms with E-state index in [4.69, 9.17) is 9.47 Å². The summed E-state index contributed by atoms with van der Waals surface area (Å²) in [6.07, 6.45) is 4.05. The van der Waals surface area contributed by atoms with Gasteiger partial charge in [0, 0.05) is 25.8 Å². The minimum Gasteiger partial charge on any atom is -0.352 e. The van der Waals surface area contributed by atoms with Crippen molar-refractivity contribution in [3.8, 4) is 0 Å². The second-order valence-corrected chi connectivity index (χ2v) is 7.10. The Bertz CT molecular complexity index is 294. The van der Waals surface area contributed by atoms with Crippen LogP contribution in [0.4, 0.5) is 0 Å². The first-order valence-corrected chi connectivity index (χ1v) is 7.90. The van der Waals surface area contributed by atoms with Crippen LogP contribution in [0.15, 0.2) is 0 Å². The zero-order valence-corrected chi connectivity index (χ0v) is 13.3. The molecule has 112 valence electrons. The van der Waals surface area contributed by atoms with Crippen molar-refractivity contribution in [2.24, 2.45) is 16.7 Å². The maximum absolute atomic E-state index is 5.64. The van der Waals surface area contributed by atoms with Crippen molar-refractivity contribution >= 4 is 0 Å². The lowest BCUT2D eigenvalue weighted by molar-refractivity contribution is -0.136. The van der Waals surface area contributed by atoms with Crippen molar-refractivity contribution < 1.29 is 9.47 Å². The smallest absolute Gasteiger partial charge is 0.169 e. The SMILES string of the molecule is CCOC(CNC1C2(C)CCC(C2)C1(C)C)OCC. The molecule has 0 amide bonds. The van der Waals surface area contributed by atoms with E-state index in [1.165, 1.54) is 19.3 Å². The van der Waals surface area contributed by atoms with Crippen molar-refractivity contribution in [1.82, 2.24) is 5.32 Å². The highest BCUT2D eigenvalue weighted by Crippen LogP contribution is 2.62. The number of nitrogens with one attached hydrogen (secondary N) is 1. The molecule has 19 heavy (non-hydrogen) atoms. The molecule has 0 aliphatic heterocycles. The van der Waals surface area contributed by atoms with Crippen LogP contribution < -0.4 is 5.32 Å². The fraction of sp³-hybridized carbons (Fsp3) is 1.00. The summed E-state index contributed by atoms with van der Waals surface area (Å²) in [6.45, 7) is 13.6. The summed E-state index contributed by atoms with van der Waals surface area (Å²) in [6, 6.07) is 0.585. The molecule has 2 bridgehead atoms. The number of hydrogen-bond donors (Lipinski definition) is 1. The van der Waals surface area contributed by atoms with Crippen LogP contribution in [0.25, 0.3) is 0 Å².